The van der Waals surface area contributed by atoms with Crippen molar-refractivity contribution in [1.29, 1.82) is 0 Å². The summed E-state index contributed by atoms with van der Waals surface area (Å²) < 4.78 is 27.0. The minimum Gasteiger partial charge on any atom is -0.303 e. The van der Waals surface area contributed by atoms with Gasteiger partial charge in [-0.3, -0.25) is 4.79 Å². The summed E-state index contributed by atoms with van der Waals surface area (Å²) in [5.41, 5.74) is -0.588. The lowest BCUT2D eigenvalue weighted by Gasteiger charge is -2.30. The lowest BCUT2D eigenvalue weighted by atomic mass is 9.96. The van der Waals surface area contributed by atoms with Gasteiger partial charge in [-0.1, -0.05) is 39.0 Å². The molecule has 1 aliphatic heterocycles. The van der Waals surface area contributed by atoms with E-state index >= 15 is 0 Å². The number of rotatable bonds is 7. The van der Waals surface area contributed by atoms with Crippen molar-refractivity contribution in [2.24, 2.45) is 11.3 Å². The van der Waals surface area contributed by atoms with Crippen LogP contribution in [0.4, 0.5) is 5.13 Å². The molecule has 1 saturated heterocycles. The highest BCUT2D eigenvalue weighted by atomic mass is 32.2. The van der Waals surface area contributed by atoms with Gasteiger partial charge in [-0.15, -0.1) is 10.2 Å². The van der Waals surface area contributed by atoms with Crippen molar-refractivity contribution in [1.82, 2.24) is 19.8 Å². The first-order valence-electron chi connectivity index (χ1n) is 8.95. The zero-order valence-corrected chi connectivity index (χ0v) is 17.5. The number of piperidine rings is 1. The van der Waals surface area contributed by atoms with Crippen LogP contribution in [0.25, 0.3) is 0 Å². The van der Waals surface area contributed by atoms with Gasteiger partial charge >= 0.3 is 0 Å². The Hall–Kier alpha value is -1.10. The van der Waals surface area contributed by atoms with Gasteiger partial charge in [0.25, 0.3) is 10.0 Å². The molecule has 0 spiro atoms. The predicted molar refractivity (Wildman–Crippen MR) is 103 cm³/mol. The first-order valence-corrected chi connectivity index (χ1v) is 11.2. The quantitative estimate of drug-likeness (QED) is 0.532. The number of aromatic nitrogens is 2. The second-order valence-electron chi connectivity index (χ2n) is 7.88. The Balaban J connectivity index is 1.81. The highest BCUT2D eigenvalue weighted by Gasteiger charge is 2.25. The molecule has 1 atom stereocenters. The van der Waals surface area contributed by atoms with Crippen LogP contribution in [0.3, 0.4) is 0 Å². The van der Waals surface area contributed by atoms with Crippen LogP contribution < -0.4 is 10.0 Å². The zero-order valence-electron chi connectivity index (χ0n) is 15.9. The molecule has 0 radical (unpaired) electrons. The third-order valence-corrected chi connectivity index (χ3v) is 6.89. The molecule has 1 fully saturated rings. The van der Waals surface area contributed by atoms with Crippen molar-refractivity contribution in [3.05, 3.63) is 0 Å². The SMILES string of the molecule is C[C@@H]1CCCN(CCCNS(=O)(=O)c2nnc(NC(=O)C(C)(C)C)s2)C1. The van der Waals surface area contributed by atoms with Crippen LogP contribution in [0.2, 0.25) is 0 Å². The number of nitrogens with zero attached hydrogens (tertiary/aromatic N) is 3. The third-order valence-electron chi connectivity index (χ3n) is 4.22. The topological polar surface area (TPSA) is 104 Å². The smallest absolute Gasteiger partial charge is 0.269 e. The van der Waals surface area contributed by atoms with Crippen LogP contribution in [0.15, 0.2) is 4.34 Å². The zero-order chi connectivity index (χ0) is 19.4. The minimum atomic E-state index is -3.70. The number of hydrogen-bond acceptors (Lipinski definition) is 7. The van der Waals surface area contributed by atoms with E-state index in [1.807, 2.05) is 0 Å². The Kier molecular flexibility index (Phi) is 7.12. The van der Waals surface area contributed by atoms with E-state index in [2.05, 4.69) is 32.1 Å². The maximum atomic E-state index is 12.3. The van der Waals surface area contributed by atoms with Gasteiger partial charge in [0.1, 0.15) is 0 Å². The van der Waals surface area contributed by atoms with Crippen LogP contribution >= 0.6 is 11.3 Å². The van der Waals surface area contributed by atoms with E-state index in [0.717, 1.165) is 37.4 Å². The fourth-order valence-electron chi connectivity index (χ4n) is 2.71. The Morgan fingerprint density at radius 3 is 2.73 bits per heavy atom. The summed E-state index contributed by atoms with van der Waals surface area (Å²) in [6.07, 6.45) is 3.23. The van der Waals surface area contributed by atoms with Gasteiger partial charge in [-0.25, -0.2) is 13.1 Å². The number of likely N-dealkylation sites (tertiary alicyclic amines) is 1. The highest BCUT2D eigenvalue weighted by molar-refractivity contribution is 7.91. The molecule has 10 heteroatoms. The summed E-state index contributed by atoms with van der Waals surface area (Å²) >= 11 is 0.856. The van der Waals surface area contributed by atoms with Crippen molar-refractivity contribution in [2.75, 3.05) is 31.5 Å². The van der Waals surface area contributed by atoms with Gasteiger partial charge in [0.2, 0.25) is 15.4 Å². The minimum absolute atomic E-state index is 0.131. The van der Waals surface area contributed by atoms with Gasteiger partial charge in [0.15, 0.2) is 0 Å². The monoisotopic (exact) mass is 403 g/mol. The molecule has 0 aliphatic carbocycles. The molecule has 0 saturated carbocycles. The van der Waals surface area contributed by atoms with E-state index in [-0.39, 0.29) is 15.4 Å². The van der Waals surface area contributed by atoms with Crippen molar-refractivity contribution in [3.8, 4) is 0 Å². The van der Waals surface area contributed by atoms with E-state index in [0.29, 0.717) is 12.5 Å². The van der Waals surface area contributed by atoms with Crippen LogP contribution in [0.5, 0.6) is 0 Å². The average molecular weight is 404 g/mol. The first kappa shape index (κ1) is 21.2. The summed E-state index contributed by atoms with van der Waals surface area (Å²) in [6, 6.07) is 0. The molecular weight excluding hydrogens is 374 g/mol. The van der Waals surface area contributed by atoms with E-state index < -0.39 is 15.4 Å². The highest BCUT2D eigenvalue weighted by Crippen LogP contribution is 2.23. The molecule has 1 amide bonds. The van der Waals surface area contributed by atoms with Crippen molar-refractivity contribution in [2.45, 2.75) is 51.3 Å². The standard InChI is InChI=1S/C16H29N5O3S2/c1-12-7-5-9-21(11-12)10-6-8-17-26(23,24)15-20-19-14(25-15)18-13(22)16(2,3)4/h12,17H,5-11H2,1-4H3,(H,18,19,22)/t12-/m1/s1. The van der Waals surface area contributed by atoms with E-state index in [1.165, 1.54) is 12.8 Å². The summed E-state index contributed by atoms with van der Waals surface area (Å²) in [7, 11) is -3.70. The molecule has 0 bridgehead atoms. The van der Waals surface area contributed by atoms with Crippen LogP contribution in [-0.2, 0) is 14.8 Å². The molecule has 2 heterocycles. The maximum absolute atomic E-state index is 12.3. The number of carbonyl (C=O) groups is 1. The molecule has 1 aromatic heterocycles. The predicted octanol–water partition coefficient (Wildman–Crippen LogP) is 1.92. The number of sulfonamides is 1. The second kappa shape index (κ2) is 8.73. The molecule has 148 valence electrons. The van der Waals surface area contributed by atoms with Crippen LogP contribution in [-0.4, -0.2) is 55.6 Å². The van der Waals surface area contributed by atoms with Crippen molar-refractivity contribution in [3.63, 3.8) is 0 Å². The fourth-order valence-corrected chi connectivity index (χ4v) is 4.72. The van der Waals surface area contributed by atoms with Gasteiger partial charge < -0.3 is 10.2 Å². The van der Waals surface area contributed by atoms with Gasteiger partial charge in [-0.2, -0.15) is 0 Å². The normalized spacial score (nSPS) is 19.5. The first-order chi connectivity index (χ1) is 12.1. The van der Waals surface area contributed by atoms with Gasteiger partial charge in [-0.05, 0) is 38.3 Å². The van der Waals surface area contributed by atoms with E-state index in [9.17, 15) is 13.2 Å². The third kappa shape index (κ3) is 6.26. The number of nitrogens with one attached hydrogen (secondary N) is 2. The average Bonchev–Trinajstić information content (AvgIpc) is 3.00. The largest absolute Gasteiger partial charge is 0.303 e. The number of amides is 1. The van der Waals surface area contributed by atoms with Crippen LogP contribution in [0.1, 0.15) is 47.0 Å². The molecule has 1 aliphatic rings. The maximum Gasteiger partial charge on any atom is 0.269 e. The summed E-state index contributed by atoms with van der Waals surface area (Å²) in [5.74, 6) is 0.477. The molecule has 26 heavy (non-hydrogen) atoms. The number of carbonyl (C=O) groups excluding carboxylic acids is 1. The lowest BCUT2D eigenvalue weighted by molar-refractivity contribution is -0.123. The molecule has 8 nitrogen and oxygen atoms in total. The second-order valence-corrected chi connectivity index (χ2v) is 10.8. The molecule has 2 rings (SSSR count). The van der Waals surface area contributed by atoms with Crippen LogP contribution in [0, 0.1) is 11.3 Å². The van der Waals surface area contributed by atoms with E-state index in [1.54, 1.807) is 20.8 Å². The summed E-state index contributed by atoms with van der Waals surface area (Å²) in [5, 5.41) is 10.2. The van der Waals surface area contributed by atoms with E-state index in [4.69, 9.17) is 0 Å². The molecule has 0 aromatic carbocycles. The Labute approximate surface area is 159 Å². The number of hydrogen-bond donors (Lipinski definition) is 2. The summed E-state index contributed by atoms with van der Waals surface area (Å²) in [6.45, 7) is 11.0. The molecule has 2 N–H and O–H groups in total. The molecular formula is C16H29N5O3S2. The Morgan fingerprint density at radius 1 is 1.35 bits per heavy atom. The number of anilines is 1. The van der Waals surface area contributed by atoms with Gasteiger partial charge in [0, 0.05) is 18.5 Å². The van der Waals surface area contributed by atoms with Crippen molar-refractivity contribution < 1.29 is 13.2 Å². The molecule has 1 aromatic rings. The fraction of sp³-hybridized carbons (Fsp3) is 0.812. The Bertz CT molecular complexity index is 712. The summed E-state index contributed by atoms with van der Waals surface area (Å²) in [4.78, 5) is 14.3. The van der Waals surface area contributed by atoms with Gasteiger partial charge in [0.05, 0.1) is 0 Å². The Morgan fingerprint density at radius 2 is 2.08 bits per heavy atom. The lowest BCUT2D eigenvalue weighted by Crippen LogP contribution is -2.36. The molecule has 0 unspecified atom stereocenters. The van der Waals surface area contributed by atoms with Crippen molar-refractivity contribution >= 4 is 32.4 Å².